The van der Waals surface area contributed by atoms with Crippen molar-refractivity contribution in [1.29, 1.82) is 0 Å². The minimum atomic E-state index is -0.933. The van der Waals surface area contributed by atoms with Crippen LogP contribution in [0.4, 0.5) is 0 Å². The number of hydrogen-bond acceptors (Lipinski definition) is 4. The summed E-state index contributed by atoms with van der Waals surface area (Å²) in [4.78, 5) is 9.47. The van der Waals surface area contributed by atoms with Crippen LogP contribution in [0.1, 0.15) is 37.8 Å². The predicted molar refractivity (Wildman–Crippen MR) is 130 cm³/mol. The van der Waals surface area contributed by atoms with Gasteiger partial charge in [-0.2, -0.15) is 5.10 Å². The predicted octanol–water partition coefficient (Wildman–Crippen LogP) is 5.83. The van der Waals surface area contributed by atoms with Crippen LogP contribution in [0.3, 0.4) is 0 Å². The van der Waals surface area contributed by atoms with E-state index in [9.17, 15) is 4.79 Å². The fourth-order valence-electron chi connectivity index (χ4n) is 4.38. The van der Waals surface area contributed by atoms with Crippen LogP contribution >= 0.6 is 0 Å². The van der Waals surface area contributed by atoms with E-state index >= 15 is 0 Å². The Balaban J connectivity index is 0.000000454. The van der Waals surface area contributed by atoms with Gasteiger partial charge < -0.3 is 14.6 Å². The van der Waals surface area contributed by atoms with E-state index in [1.165, 1.54) is 61.6 Å². The number of carboxylic acid groups (broad SMARTS) is 1. The Hall–Kier alpha value is -3.12. The highest BCUT2D eigenvalue weighted by atomic mass is 16.5. The van der Waals surface area contributed by atoms with Gasteiger partial charge in [0.25, 0.3) is 0 Å². The fraction of sp³-hybridized carbons (Fsp3) is 0.407. The number of nitrogens with zero attached hydrogens (tertiary/aromatic N) is 2. The maximum absolute atomic E-state index is 9.47. The van der Waals surface area contributed by atoms with Crippen LogP contribution in [0.2, 0.25) is 0 Å². The molecule has 2 aromatic carbocycles. The molecule has 0 atom stereocenters. The fourth-order valence-corrected chi connectivity index (χ4v) is 4.38. The molecular formula is C27H34N2O4. The van der Waals surface area contributed by atoms with E-state index in [1.807, 2.05) is 6.07 Å². The first-order valence-corrected chi connectivity index (χ1v) is 11.5. The van der Waals surface area contributed by atoms with Crippen molar-refractivity contribution in [2.45, 2.75) is 45.6 Å². The van der Waals surface area contributed by atoms with Crippen molar-refractivity contribution >= 4 is 5.97 Å². The van der Waals surface area contributed by atoms with E-state index in [-0.39, 0.29) is 6.61 Å². The Bertz CT molecular complexity index is 1020. The molecule has 6 nitrogen and oxygen atoms in total. The first-order valence-electron chi connectivity index (χ1n) is 11.5. The van der Waals surface area contributed by atoms with Crippen molar-refractivity contribution in [1.82, 2.24) is 9.78 Å². The highest BCUT2D eigenvalue weighted by Crippen LogP contribution is 2.36. The molecule has 1 aromatic heterocycles. The topological polar surface area (TPSA) is 73.6 Å². The van der Waals surface area contributed by atoms with Crippen LogP contribution < -0.4 is 4.74 Å². The minimum absolute atomic E-state index is 0.208. The van der Waals surface area contributed by atoms with Crippen LogP contribution in [0.25, 0.3) is 22.4 Å². The standard InChI is InChI=1S/C24H28N2O.C3H6O3/c1-18-23(21-14-9-15-22(16-21)27-2)24(20-12-7-4-8-13-20)25-26(18)17-19-10-5-3-6-11-19;1-6-2-3(4)5/h4,7-9,12-16,19H,3,5-6,10-11,17H2,1-2H3;2H2,1H3,(H,4,5). The van der Waals surface area contributed by atoms with Gasteiger partial charge in [-0.3, -0.25) is 4.68 Å². The number of rotatable bonds is 7. The first-order chi connectivity index (χ1) is 16.0. The van der Waals surface area contributed by atoms with Crippen LogP contribution in [-0.2, 0) is 16.1 Å². The van der Waals surface area contributed by atoms with Crippen LogP contribution in [0, 0.1) is 12.8 Å². The summed E-state index contributed by atoms with van der Waals surface area (Å²) in [5.74, 6) is 0.697. The van der Waals surface area contributed by atoms with E-state index in [2.05, 4.69) is 64.9 Å². The maximum Gasteiger partial charge on any atom is 0.329 e. The number of hydrogen-bond donors (Lipinski definition) is 1. The molecule has 1 aliphatic rings. The van der Waals surface area contributed by atoms with Crippen molar-refractivity contribution in [3.05, 3.63) is 60.3 Å². The molecule has 1 aliphatic carbocycles. The lowest BCUT2D eigenvalue weighted by Crippen LogP contribution is -2.16. The Kier molecular flexibility index (Phi) is 9.07. The quantitative estimate of drug-likeness (QED) is 0.490. The zero-order chi connectivity index (χ0) is 23.6. The second kappa shape index (κ2) is 12.2. The lowest BCUT2D eigenvalue weighted by Gasteiger charge is -2.22. The van der Waals surface area contributed by atoms with Crippen molar-refractivity contribution in [3.8, 4) is 28.1 Å². The van der Waals surface area contributed by atoms with Gasteiger partial charge in [-0.15, -0.1) is 0 Å². The summed E-state index contributed by atoms with van der Waals surface area (Å²) < 4.78 is 11.9. The number of aliphatic carboxylic acids is 1. The second-order valence-electron chi connectivity index (χ2n) is 8.42. The first kappa shape index (κ1) is 24.5. The Labute approximate surface area is 196 Å². The average Bonchev–Trinajstić information content (AvgIpc) is 3.16. The third-order valence-corrected chi connectivity index (χ3v) is 6.04. The molecule has 0 aliphatic heterocycles. The Morgan fingerprint density at radius 3 is 2.33 bits per heavy atom. The Morgan fingerprint density at radius 2 is 1.73 bits per heavy atom. The van der Waals surface area contributed by atoms with Gasteiger partial charge in [0.2, 0.25) is 0 Å². The summed E-state index contributed by atoms with van der Waals surface area (Å²) in [6, 6.07) is 18.8. The van der Waals surface area contributed by atoms with E-state index in [0.717, 1.165) is 23.9 Å². The number of benzene rings is 2. The number of methoxy groups -OCH3 is 2. The summed E-state index contributed by atoms with van der Waals surface area (Å²) in [6.45, 7) is 3.02. The van der Waals surface area contributed by atoms with E-state index in [4.69, 9.17) is 14.9 Å². The molecule has 0 unspecified atom stereocenters. The smallest absolute Gasteiger partial charge is 0.329 e. The van der Waals surface area contributed by atoms with E-state index in [0.29, 0.717) is 0 Å². The van der Waals surface area contributed by atoms with Gasteiger partial charge >= 0.3 is 5.97 Å². The molecule has 4 rings (SSSR count). The van der Waals surface area contributed by atoms with Crippen molar-refractivity contribution in [2.75, 3.05) is 20.8 Å². The summed E-state index contributed by atoms with van der Waals surface area (Å²) in [7, 11) is 3.06. The largest absolute Gasteiger partial charge is 0.497 e. The monoisotopic (exact) mass is 450 g/mol. The summed E-state index contributed by atoms with van der Waals surface area (Å²) in [6.07, 6.45) is 6.76. The molecule has 0 saturated heterocycles. The molecule has 0 radical (unpaired) electrons. The highest BCUT2D eigenvalue weighted by Gasteiger charge is 2.21. The third kappa shape index (κ3) is 6.68. The van der Waals surface area contributed by atoms with Gasteiger partial charge in [0.15, 0.2) is 0 Å². The lowest BCUT2D eigenvalue weighted by molar-refractivity contribution is -0.141. The molecule has 1 fully saturated rings. The average molecular weight is 451 g/mol. The Morgan fingerprint density at radius 1 is 1.03 bits per heavy atom. The number of ether oxygens (including phenoxy) is 2. The molecule has 6 heteroatoms. The summed E-state index contributed by atoms with van der Waals surface area (Å²) >= 11 is 0. The second-order valence-corrected chi connectivity index (χ2v) is 8.42. The van der Waals surface area contributed by atoms with E-state index in [1.54, 1.807) is 7.11 Å². The van der Waals surface area contributed by atoms with Gasteiger partial charge in [0.05, 0.1) is 7.11 Å². The molecule has 0 spiro atoms. The number of carbonyl (C=O) groups is 1. The van der Waals surface area contributed by atoms with Gasteiger partial charge in [0.1, 0.15) is 18.1 Å². The molecule has 3 aromatic rings. The van der Waals surface area contributed by atoms with Crippen molar-refractivity contribution < 1.29 is 19.4 Å². The normalized spacial score (nSPS) is 13.8. The highest BCUT2D eigenvalue weighted by molar-refractivity contribution is 5.83. The SMILES string of the molecule is COCC(=O)O.COc1cccc(-c2c(-c3ccccc3)nn(CC3CCCCC3)c2C)c1. The van der Waals surface area contributed by atoms with Gasteiger partial charge in [-0.1, -0.05) is 61.7 Å². The summed E-state index contributed by atoms with van der Waals surface area (Å²) in [5, 5.41) is 12.9. The zero-order valence-corrected chi connectivity index (χ0v) is 19.8. The third-order valence-electron chi connectivity index (χ3n) is 6.04. The van der Waals surface area contributed by atoms with Gasteiger partial charge in [-0.25, -0.2) is 4.79 Å². The number of aromatic nitrogens is 2. The van der Waals surface area contributed by atoms with Crippen LogP contribution in [-0.4, -0.2) is 41.7 Å². The molecule has 0 amide bonds. The molecule has 33 heavy (non-hydrogen) atoms. The van der Waals surface area contributed by atoms with Crippen LogP contribution in [0.5, 0.6) is 5.75 Å². The molecule has 1 saturated carbocycles. The molecule has 1 N–H and O–H groups in total. The van der Waals surface area contributed by atoms with Gasteiger partial charge in [-0.05, 0) is 43.4 Å². The number of carboxylic acids is 1. The molecule has 0 bridgehead atoms. The summed E-state index contributed by atoms with van der Waals surface area (Å²) in [5.41, 5.74) is 5.86. The van der Waals surface area contributed by atoms with Crippen molar-refractivity contribution in [2.24, 2.45) is 5.92 Å². The maximum atomic E-state index is 9.47. The minimum Gasteiger partial charge on any atom is -0.497 e. The lowest BCUT2D eigenvalue weighted by atomic mass is 9.89. The molecule has 1 heterocycles. The van der Waals surface area contributed by atoms with Crippen molar-refractivity contribution in [3.63, 3.8) is 0 Å². The molecule has 176 valence electrons. The van der Waals surface area contributed by atoms with Gasteiger partial charge in [0, 0.05) is 30.5 Å². The zero-order valence-electron chi connectivity index (χ0n) is 19.8. The molecular weight excluding hydrogens is 416 g/mol. The van der Waals surface area contributed by atoms with Crippen LogP contribution in [0.15, 0.2) is 54.6 Å². The van der Waals surface area contributed by atoms with E-state index < -0.39 is 5.97 Å².